The zero-order chi connectivity index (χ0) is 15.2. The maximum atomic E-state index is 12.3. The summed E-state index contributed by atoms with van der Waals surface area (Å²) in [5.41, 5.74) is 6.46. The number of hydrogen-bond donors (Lipinski definition) is 2. The van der Waals surface area contributed by atoms with Gasteiger partial charge in [-0.1, -0.05) is 24.6 Å². The lowest BCUT2D eigenvalue weighted by Gasteiger charge is -2.15. The molecule has 0 spiro atoms. The minimum atomic E-state index is -2.88. The number of para-hydroxylation sites is 1. The van der Waals surface area contributed by atoms with E-state index in [1.165, 1.54) is 6.07 Å². The van der Waals surface area contributed by atoms with Crippen molar-refractivity contribution in [2.24, 2.45) is 11.7 Å². The van der Waals surface area contributed by atoms with Crippen LogP contribution in [0.3, 0.4) is 0 Å². The molecule has 1 aliphatic rings. The third-order valence-electron chi connectivity index (χ3n) is 3.83. The monoisotopic (exact) mass is 334 g/mol. The van der Waals surface area contributed by atoms with E-state index < -0.39 is 6.61 Å². The van der Waals surface area contributed by atoms with Gasteiger partial charge >= 0.3 is 6.61 Å². The van der Waals surface area contributed by atoms with Crippen LogP contribution in [-0.2, 0) is 11.3 Å². The predicted octanol–water partition coefficient (Wildman–Crippen LogP) is 2.84. The van der Waals surface area contributed by atoms with Crippen molar-refractivity contribution in [3.8, 4) is 5.75 Å². The molecule has 1 aromatic carbocycles. The van der Waals surface area contributed by atoms with E-state index in [0.717, 1.165) is 19.3 Å². The number of alkyl halides is 2. The summed E-state index contributed by atoms with van der Waals surface area (Å²) in [7, 11) is 0. The van der Waals surface area contributed by atoms with E-state index in [0.29, 0.717) is 12.0 Å². The Morgan fingerprint density at radius 3 is 2.73 bits per heavy atom. The van der Waals surface area contributed by atoms with Crippen LogP contribution in [-0.4, -0.2) is 18.6 Å². The molecule has 124 valence electrons. The van der Waals surface area contributed by atoms with Gasteiger partial charge in [-0.25, -0.2) is 0 Å². The summed E-state index contributed by atoms with van der Waals surface area (Å²) in [6.45, 7) is -2.71. The van der Waals surface area contributed by atoms with Crippen LogP contribution in [0, 0.1) is 5.92 Å². The Morgan fingerprint density at radius 2 is 2.09 bits per heavy atom. The minimum Gasteiger partial charge on any atom is -0.434 e. The van der Waals surface area contributed by atoms with Crippen molar-refractivity contribution in [1.29, 1.82) is 0 Å². The molecule has 1 aliphatic carbocycles. The van der Waals surface area contributed by atoms with Gasteiger partial charge in [-0.2, -0.15) is 8.78 Å². The molecule has 0 radical (unpaired) electrons. The van der Waals surface area contributed by atoms with Crippen molar-refractivity contribution < 1.29 is 18.3 Å². The molecule has 1 saturated carbocycles. The molecule has 0 unspecified atom stereocenters. The first kappa shape index (κ1) is 18.6. The fourth-order valence-corrected chi connectivity index (χ4v) is 2.68. The molecule has 7 heteroatoms. The number of benzene rings is 1. The smallest absolute Gasteiger partial charge is 0.387 e. The Labute approximate surface area is 134 Å². The Morgan fingerprint density at radius 1 is 1.36 bits per heavy atom. The average Bonchev–Trinajstić information content (AvgIpc) is 2.83. The average molecular weight is 335 g/mol. The summed E-state index contributed by atoms with van der Waals surface area (Å²) >= 11 is 0. The lowest BCUT2D eigenvalue weighted by atomic mass is 10.00. The van der Waals surface area contributed by atoms with Gasteiger partial charge in [0.15, 0.2) is 0 Å². The van der Waals surface area contributed by atoms with Crippen LogP contribution in [0.15, 0.2) is 24.3 Å². The quantitative estimate of drug-likeness (QED) is 0.840. The number of amides is 1. The van der Waals surface area contributed by atoms with Gasteiger partial charge in [-0.3, -0.25) is 4.79 Å². The van der Waals surface area contributed by atoms with Gasteiger partial charge in [-0.15, -0.1) is 12.4 Å². The van der Waals surface area contributed by atoms with Crippen molar-refractivity contribution in [1.82, 2.24) is 5.32 Å². The van der Waals surface area contributed by atoms with E-state index in [1.54, 1.807) is 18.2 Å². The van der Waals surface area contributed by atoms with Crippen LogP contribution in [0.2, 0.25) is 0 Å². The molecule has 2 rings (SSSR count). The summed E-state index contributed by atoms with van der Waals surface area (Å²) in [4.78, 5) is 11.9. The van der Waals surface area contributed by atoms with E-state index in [1.807, 2.05) is 0 Å². The molecule has 1 fully saturated rings. The van der Waals surface area contributed by atoms with Gasteiger partial charge < -0.3 is 15.8 Å². The molecule has 1 amide bonds. The zero-order valence-corrected chi connectivity index (χ0v) is 13.0. The number of rotatable bonds is 6. The fraction of sp³-hybridized carbons (Fsp3) is 0.533. The van der Waals surface area contributed by atoms with Crippen LogP contribution < -0.4 is 15.8 Å². The highest BCUT2D eigenvalue weighted by Gasteiger charge is 2.25. The SMILES string of the molecule is Cl.N[C@@H]1CCC[C@H]1CC(=O)NCc1ccccc1OC(F)F. The Hall–Kier alpha value is -1.40. The molecule has 0 bridgehead atoms. The van der Waals surface area contributed by atoms with Crippen molar-refractivity contribution in [3.05, 3.63) is 29.8 Å². The molecular weight excluding hydrogens is 314 g/mol. The molecule has 0 aromatic heterocycles. The summed E-state index contributed by atoms with van der Waals surface area (Å²) in [6, 6.07) is 6.53. The first-order valence-electron chi connectivity index (χ1n) is 7.11. The first-order chi connectivity index (χ1) is 10.1. The fourth-order valence-electron chi connectivity index (χ4n) is 2.68. The number of carbonyl (C=O) groups excluding carboxylic acids is 1. The molecule has 0 saturated heterocycles. The largest absolute Gasteiger partial charge is 0.434 e. The Balaban J connectivity index is 0.00000242. The predicted molar refractivity (Wildman–Crippen MR) is 82.1 cm³/mol. The third kappa shape index (κ3) is 5.42. The summed E-state index contributed by atoms with van der Waals surface area (Å²) in [5, 5.41) is 2.74. The molecule has 1 aromatic rings. The van der Waals surface area contributed by atoms with Crippen LogP contribution in [0.5, 0.6) is 5.75 Å². The second-order valence-corrected chi connectivity index (χ2v) is 5.32. The van der Waals surface area contributed by atoms with Crippen molar-refractivity contribution in [2.45, 2.75) is 44.9 Å². The molecule has 3 N–H and O–H groups in total. The molecule has 0 aliphatic heterocycles. The molecule has 4 nitrogen and oxygen atoms in total. The van der Waals surface area contributed by atoms with E-state index in [9.17, 15) is 13.6 Å². The standard InChI is InChI=1S/C15H20F2N2O2.ClH/c16-15(17)21-13-7-2-1-4-11(13)9-19-14(20)8-10-5-3-6-12(10)18;/h1-2,4,7,10,12,15H,3,5-6,8-9,18H2,(H,19,20);1H/t10-,12+;/m0./s1. The van der Waals surface area contributed by atoms with E-state index in [4.69, 9.17) is 5.73 Å². The van der Waals surface area contributed by atoms with Crippen LogP contribution >= 0.6 is 12.4 Å². The molecule has 0 heterocycles. The van der Waals surface area contributed by atoms with Crippen LogP contribution in [0.4, 0.5) is 8.78 Å². The van der Waals surface area contributed by atoms with Crippen LogP contribution in [0.25, 0.3) is 0 Å². The lowest BCUT2D eigenvalue weighted by Crippen LogP contribution is -2.31. The normalized spacial score (nSPS) is 20.5. The van der Waals surface area contributed by atoms with Gasteiger partial charge in [0.25, 0.3) is 0 Å². The Bertz CT molecular complexity index is 488. The number of nitrogens with two attached hydrogens (primary N) is 1. The second-order valence-electron chi connectivity index (χ2n) is 5.32. The molecular formula is C15H21ClF2N2O2. The topological polar surface area (TPSA) is 64.4 Å². The van der Waals surface area contributed by atoms with Gasteiger partial charge in [-0.05, 0) is 24.8 Å². The van der Waals surface area contributed by atoms with Gasteiger partial charge in [0.05, 0.1) is 0 Å². The highest BCUT2D eigenvalue weighted by molar-refractivity contribution is 5.85. The van der Waals surface area contributed by atoms with E-state index in [-0.39, 0.29) is 42.6 Å². The van der Waals surface area contributed by atoms with Gasteiger partial charge in [0.2, 0.25) is 5.91 Å². The zero-order valence-electron chi connectivity index (χ0n) is 12.1. The van der Waals surface area contributed by atoms with Gasteiger partial charge in [0.1, 0.15) is 5.75 Å². The number of carbonyl (C=O) groups is 1. The van der Waals surface area contributed by atoms with Crippen molar-refractivity contribution in [3.63, 3.8) is 0 Å². The first-order valence-corrected chi connectivity index (χ1v) is 7.11. The number of nitrogens with one attached hydrogen (secondary N) is 1. The molecule has 22 heavy (non-hydrogen) atoms. The van der Waals surface area contributed by atoms with Crippen LogP contribution in [0.1, 0.15) is 31.2 Å². The molecule has 2 atom stereocenters. The van der Waals surface area contributed by atoms with E-state index >= 15 is 0 Å². The number of halogens is 3. The highest BCUT2D eigenvalue weighted by Crippen LogP contribution is 2.26. The lowest BCUT2D eigenvalue weighted by molar-refractivity contribution is -0.122. The second kappa shape index (κ2) is 8.90. The minimum absolute atomic E-state index is 0. The number of hydrogen-bond acceptors (Lipinski definition) is 3. The highest BCUT2D eigenvalue weighted by atomic mass is 35.5. The van der Waals surface area contributed by atoms with Gasteiger partial charge in [0, 0.05) is 24.6 Å². The Kier molecular flexibility index (Phi) is 7.55. The van der Waals surface area contributed by atoms with Crippen molar-refractivity contribution in [2.75, 3.05) is 0 Å². The summed E-state index contributed by atoms with van der Waals surface area (Å²) in [6.07, 6.45) is 3.38. The van der Waals surface area contributed by atoms with Crippen molar-refractivity contribution >= 4 is 18.3 Å². The summed E-state index contributed by atoms with van der Waals surface area (Å²) in [5.74, 6) is 0.201. The maximum Gasteiger partial charge on any atom is 0.387 e. The van der Waals surface area contributed by atoms with E-state index in [2.05, 4.69) is 10.1 Å². The number of ether oxygens (including phenoxy) is 1. The third-order valence-corrected chi connectivity index (χ3v) is 3.83. The summed E-state index contributed by atoms with van der Waals surface area (Å²) < 4.78 is 29.0. The maximum absolute atomic E-state index is 12.3.